The topological polar surface area (TPSA) is 50.9 Å². The molecule has 1 atom stereocenters. The highest BCUT2D eigenvalue weighted by atomic mass is 79.9. The molecule has 16 heavy (non-hydrogen) atoms. The van der Waals surface area contributed by atoms with Crippen LogP contribution in [0, 0.1) is 0 Å². The summed E-state index contributed by atoms with van der Waals surface area (Å²) in [6, 6.07) is 5.65. The van der Waals surface area contributed by atoms with E-state index in [-0.39, 0.29) is 0 Å². The van der Waals surface area contributed by atoms with Crippen LogP contribution in [0.25, 0.3) is 0 Å². The number of aliphatic hydroxyl groups is 1. The lowest BCUT2D eigenvalue weighted by Gasteiger charge is -2.12. The summed E-state index contributed by atoms with van der Waals surface area (Å²) in [5.74, 6) is 0. The average Bonchev–Trinajstić information content (AvgIpc) is 2.67. The van der Waals surface area contributed by atoms with Crippen molar-refractivity contribution in [3.63, 3.8) is 0 Å². The number of hydrogen-bond acceptors (Lipinski definition) is 3. The smallest absolute Gasteiger partial charge is 0.123 e. The normalized spacial score (nSPS) is 12.8. The summed E-state index contributed by atoms with van der Waals surface area (Å²) < 4.78 is 3.32. The molecule has 0 aliphatic carbocycles. The van der Waals surface area contributed by atoms with Crippen LogP contribution in [0.5, 0.6) is 0 Å². The van der Waals surface area contributed by atoms with Gasteiger partial charge in [0.25, 0.3) is 0 Å². The van der Waals surface area contributed by atoms with Crippen LogP contribution in [-0.4, -0.2) is 20.1 Å². The second-order valence-electron chi connectivity index (χ2n) is 3.35. The van der Waals surface area contributed by atoms with Crippen LogP contribution in [0.2, 0.25) is 0 Å². The molecule has 0 aliphatic rings. The predicted molar refractivity (Wildman–Crippen MR) is 66.9 cm³/mol. The molecular weight excluding hydrogens is 338 g/mol. The Labute approximate surface area is 110 Å². The van der Waals surface area contributed by atoms with Gasteiger partial charge in [-0.25, -0.2) is 4.68 Å². The molecule has 1 N–H and O–H groups in total. The number of halogens is 2. The van der Waals surface area contributed by atoms with E-state index < -0.39 is 6.10 Å². The Hall–Kier alpha value is -0.720. The number of hydrogen-bond donors (Lipinski definition) is 1. The first-order valence-corrected chi connectivity index (χ1v) is 6.16. The number of aryl methyl sites for hydroxylation is 1. The molecule has 2 rings (SSSR count). The monoisotopic (exact) mass is 345 g/mol. The predicted octanol–water partition coefficient (Wildman–Crippen LogP) is 2.42. The zero-order chi connectivity index (χ0) is 11.7. The van der Waals surface area contributed by atoms with E-state index in [1.807, 2.05) is 18.2 Å². The van der Waals surface area contributed by atoms with Gasteiger partial charge in [-0.2, -0.15) is 0 Å². The number of aromatic nitrogens is 3. The summed E-state index contributed by atoms with van der Waals surface area (Å²) in [7, 11) is 1.75. The van der Waals surface area contributed by atoms with Crippen molar-refractivity contribution in [2.24, 2.45) is 7.05 Å². The van der Waals surface area contributed by atoms with E-state index in [9.17, 15) is 5.11 Å². The molecule has 0 radical (unpaired) electrons. The molecule has 1 heterocycles. The molecule has 2 aromatic rings. The van der Waals surface area contributed by atoms with E-state index in [0.29, 0.717) is 5.69 Å². The minimum absolute atomic E-state index is 0.652. The standard InChI is InChI=1S/C10H9Br2N3O/c1-15-9(5-13-14-15)10(16)7-4-6(11)2-3-8(7)12/h2-5,10,16H,1H3. The summed E-state index contributed by atoms with van der Waals surface area (Å²) in [6.07, 6.45) is 0.810. The van der Waals surface area contributed by atoms with Crippen molar-refractivity contribution in [2.45, 2.75) is 6.10 Å². The Bertz CT molecular complexity index is 513. The highest BCUT2D eigenvalue weighted by molar-refractivity contribution is 9.11. The maximum atomic E-state index is 10.2. The summed E-state index contributed by atoms with van der Waals surface area (Å²) in [4.78, 5) is 0. The van der Waals surface area contributed by atoms with E-state index >= 15 is 0 Å². The molecule has 0 saturated heterocycles. The third-order valence-corrected chi connectivity index (χ3v) is 3.50. The second-order valence-corrected chi connectivity index (χ2v) is 5.12. The van der Waals surface area contributed by atoms with Crippen LogP contribution < -0.4 is 0 Å². The van der Waals surface area contributed by atoms with Crippen LogP contribution in [0.1, 0.15) is 17.4 Å². The van der Waals surface area contributed by atoms with Gasteiger partial charge < -0.3 is 5.11 Å². The fraction of sp³-hybridized carbons (Fsp3) is 0.200. The SMILES string of the molecule is Cn1nncc1C(O)c1cc(Br)ccc1Br. The van der Waals surface area contributed by atoms with Crippen LogP contribution in [0.4, 0.5) is 0 Å². The van der Waals surface area contributed by atoms with Crippen molar-refractivity contribution in [3.05, 3.63) is 44.6 Å². The second kappa shape index (κ2) is 4.65. The third-order valence-electron chi connectivity index (χ3n) is 2.28. The molecule has 1 unspecified atom stereocenters. The molecular formula is C10H9Br2N3O. The van der Waals surface area contributed by atoms with Crippen LogP contribution >= 0.6 is 31.9 Å². The Morgan fingerprint density at radius 3 is 2.75 bits per heavy atom. The van der Waals surface area contributed by atoms with Gasteiger partial charge in [-0.05, 0) is 18.2 Å². The van der Waals surface area contributed by atoms with Gasteiger partial charge in [-0.1, -0.05) is 37.1 Å². The molecule has 0 bridgehead atoms. The lowest BCUT2D eigenvalue weighted by atomic mass is 10.1. The zero-order valence-corrected chi connectivity index (χ0v) is 11.6. The Morgan fingerprint density at radius 1 is 1.38 bits per heavy atom. The van der Waals surface area contributed by atoms with Gasteiger partial charge in [0.15, 0.2) is 0 Å². The first-order valence-electron chi connectivity index (χ1n) is 4.57. The molecule has 4 nitrogen and oxygen atoms in total. The van der Waals surface area contributed by atoms with Gasteiger partial charge in [0.2, 0.25) is 0 Å². The number of benzene rings is 1. The van der Waals surface area contributed by atoms with E-state index in [2.05, 4.69) is 42.2 Å². The van der Waals surface area contributed by atoms with Gasteiger partial charge in [0.05, 0.1) is 11.9 Å². The van der Waals surface area contributed by atoms with Crippen LogP contribution in [-0.2, 0) is 7.05 Å². The summed E-state index contributed by atoms with van der Waals surface area (Å²) in [5.41, 5.74) is 1.43. The van der Waals surface area contributed by atoms with Crippen molar-refractivity contribution >= 4 is 31.9 Å². The number of aliphatic hydroxyl groups excluding tert-OH is 1. The fourth-order valence-corrected chi connectivity index (χ4v) is 2.27. The first-order chi connectivity index (χ1) is 7.59. The van der Waals surface area contributed by atoms with Crippen molar-refractivity contribution < 1.29 is 5.11 Å². The quantitative estimate of drug-likeness (QED) is 0.908. The molecule has 1 aromatic heterocycles. The van der Waals surface area contributed by atoms with E-state index in [1.165, 1.54) is 0 Å². The molecule has 0 aliphatic heterocycles. The summed E-state index contributed by atoms with van der Waals surface area (Å²) in [6.45, 7) is 0. The largest absolute Gasteiger partial charge is 0.382 e. The molecule has 84 valence electrons. The summed E-state index contributed by atoms with van der Waals surface area (Å²) >= 11 is 6.79. The van der Waals surface area contributed by atoms with E-state index in [0.717, 1.165) is 14.5 Å². The molecule has 1 aromatic carbocycles. The Morgan fingerprint density at radius 2 is 2.12 bits per heavy atom. The summed E-state index contributed by atoms with van der Waals surface area (Å²) in [5, 5.41) is 17.8. The average molecular weight is 347 g/mol. The highest BCUT2D eigenvalue weighted by Gasteiger charge is 2.17. The minimum Gasteiger partial charge on any atom is -0.382 e. The number of nitrogens with zero attached hydrogens (tertiary/aromatic N) is 3. The maximum Gasteiger partial charge on any atom is 0.123 e. The zero-order valence-electron chi connectivity index (χ0n) is 8.43. The lowest BCUT2D eigenvalue weighted by Crippen LogP contribution is -2.07. The van der Waals surface area contributed by atoms with Gasteiger partial charge in [0.1, 0.15) is 6.10 Å². The maximum absolute atomic E-state index is 10.2. The first kappa shape index (κ1) is 11.8. The highest BCUT2D eigenvalue weighted by Crippen LogP contribution is 2.30. The minimum atomic E-state index is -0.744. The Balaban J connectivity index is 2.45. The van der Waals surface area contributed by atoms with Gasteiger partial charge in [0, 0.05) is 21.6 Å². The lowest BCUT2D eigenvalue weighted by molar-refractivity contribution is 0.209. The Kier molecular flexibility index (Phi) is 3.41. The molecule has 0 fully saturated rings. The van der Waals surface area contributed by atoms with E-state index in [1.54, 1.807) is 17.9 Å². The van der Waals surface area contributed by atoms with Crippen molar-refractivity contribution in [2.75, 3.05) is 0 Å². The third kappa shape index (κ3) is 2.18. The molecule has 0 saturated carbocycles. The van der Waals surface area contributed by atoms with Crippen LogP contribution in [0.3, 0.4) is 0 Å². The van der Waals surface area contributed by atoms with Crippen molar-refractivity contribution in [1.82, 2.24) is 15.0 Å². The van der Waals surface area contributed by atoms with Crippen molar-refractivity contribution in [1.29, 1.82) is 0 Å². The van der Waals surface area contributed by atoms with Gasteiger partial charge in [-0.15, -0.1) is 5.10 Å². The van der Waals surface area contributed by atoms with E-state index in [4.69, 9.17) is 0 Å². The van der Waals surface area contributed by atoms with Crippen molar-refractivity contribution in [3.8, 4) is 0 Å². The molecule has 0 amide bonds. The fourth-order valence-electron chi connectivity index (χ4n) is 1.43. The number of rotatable bonds is 2. The molecule has 6 heteroatoms. The van der Waals surface area contributed by atoms with Gasteiger partial charge in [-0.3, -0.25) is 0 Å². The molecule has 0 spiro atoms. The van der Waals surface area contributed by atoms with Crippen LogP contribution in [0.15, 0.2) is 33.3 Å². The van der Waals surface area contributed by atoms with Gasteiger partial charge >= 0.3 is 0 Å².